The number of rotatable bonds is 4. The van der Waals surface area contributed by atoms with Gasteiger partial charge >= 0.3 is 0 Å². The Morgan fingerprint density at radius 3 is 2.81 bits per heavy atom. The number of amides is 1. The molecule has 2 heterocycles. The molecule has 1 aromatic carbocycles. The highest BCUT2D eigenvalue weighted by Gasteiger charge is 2.16. The van der Waals surface area contributed by atoms with Crippen molar-refractivity contribution in [1.29, 1.82) is 0 Å². The lowest BCUT2D eigenvalue weighted by molar-refractivity contribution is -0.122. The van der Waals surface area contributed by atoms with Crippen LogP contribution in [0.4, 0.5) is 0 Å². The van der Waals surface area contributed by atoms with Gasteiger partial charge in [-0.15, -0.1) is 0 Å². The number of benzene rings is 1. The quantitative estimate of drug-likeness (QED) is 0.932. The first-order valence-electron chi connectivity index (χ1n) is 7.25. The summed E-state index contributed by atoms with van der Waals surface area (Å²) in [6, 6.07) is 10.2. The number of hydrogen-bond donors (Lipinski definition) is 1. The predicted octanol–water partition coefficient (Wildman–Crippen LogP) is 1.85. The fraction of sp³-hybridized carbons (Fsp3) is 0.375. The second kappa shape index (κ2) is 6.54. The Bertz CT molecular complexity index is 589. The maximum absolute atomic E-state index is 12.0. The van der Waals surface area contributed by atoms with E-state index < -0.39 is 0 Å². The largest absolute Gasteiger partial charge is 0.381 e. The molecule has 0 spiro atoms. The molecule has 0 bridgehead atoms. The second-order valence-electron chi connectivity index (χ2n) is 5.25. The second-order valence-corrected chi connectivity index (χ2v) is 5.25. The first-order chi connectivity index (χ1) is 10.3. The van der Waals surface area contributed by atoms with Crippen molar-refractivity contribution in [2.24, 2.45) is 0 Å². The van der Waals surface area contributed by atoms with Crippen molar-refractivity contribution in [3.63, 3.8) is 0 Å². The van der Waals surface area contributed by atoms with Crippen LogP contribution in [0.2, 0.25) is 0 Å². The molecule has 0 unspecified atom stereocenters. The van der Waals surface area contributed by atoms with Gasteiger partial charge in [-0.2, -0.15) is 0 Å². The van der Waals surface area contributed by atoms with E-state index in [9.17, 15) is 4.79 Å². The molecular formula is C16H19N3O2. The van der Waals surface area contributed by atoms with Gasteiger partial charge in [0.25, 0.3) is 0 Å². The molecule has 0 atom stereocenters. The van der Waals surface area contributed by atoms with Gasteiger partial charge in [0.15, 0.2) is 0 Å². The molecule has 2 aromatic rings. The lowest BCUT2D eigenvalue weighted by Crippen LogP contribution is -2.40. The lowest BCUT2D eigenvalue weighted by Gasteiger charge is -2.23. The normalized spacial score (nSPS) is 15.8. The van der Waals surface area contributed by atoms with Gasteiger partial charge in [-0.05, 0) is 12.8 Å². The van der Waals surface area contributed by atoms with Crippen LogP contribution in [0.25, 0.3) is 11.3 Å². The van der Waals surface area contributed by atoms with E-state index in [0.717, 1.165) is 37.3 Å². The summed E-state index contributed by atoms with van der Waals surface area (Å²) in [6.07, 6.45) is 5.39. The highest BCUT2D eigenvalue weighted by molar-refractivity contribution is 5.76. The zero-order valence-corrected chi connectivity index (χ0v) is 11.9. The third-order valence-corrected chi connectivity index (χ3v) is 3.62. The van der Waals surface area contributed by atoms with E-state index in [1.807, 2.05) is 41.1 Å². The van der Waals surface area contributed by atoms with Gasteiger partial charge in [0.2, 0.25) is 5.91 Å². The van der Waals surface area contributed by atoms with Gasteiger partial charge in [-0.3, -0.25) is 4.79 Å². The summed E-state index contributed by atoms with van der Waals surface area (Å²) in [4.78, 5) is 16.4. The first-order valence-corrected chi connectivity index (χ1v) is 7.25. The van der Waals surface area contributed by atoms with E-state index in [1.54, 1.807) is 6.33 Å². The molecule has 0 aliphatic carbocycles. The Balaban J connectivity index is 1.58. The van der Waals surface area contributed by atoms with Crippen molar-refractivity contribution in [1.82, 2.24) is 14.9 Å². The van der Waals surface area contributed by atoms with Crippen LogP contribution in [-0.2, 0) is 16.1 Å². The third kappa shape index (κ3) is 3.70. The number of imidazole rings is 1. The fourth-order valence-electron chi connectivity index (χ4n) is 2.49. The summed E-state index contributed by atoms with van der Waals surface area (Å²) < 4.78 is 7.10. The molecule has 1 N–H and O–H groups in total. The molecule has 5 nitrogen and oxygen atoms in total. The molecule has 1 fully saturated rings. The van der Waals surface area contributed by atoms with Crippen LogP contribution in [0.15, 0.2) is 42.9 Å². The Morgan fingerprint density at radius 1 is 1.29 bits per heavy atom. The number of hydrogen-bond acceptors (Lipinski definition) is 3. The van der Waals surface area contributed by atoms with Crippen molar-refractivity contribution in [2.45, 2.75) is 25.4 Å². The van der Waals surface area contributed by atoms with Crippen molar-refractivity contribution in [2.75, 3.05) is 13.2 Å². The van der Waals surface area contributed by atoms with Crippen molar-refractivity contribution >= 4 is 5.91 Å². The third-order valence-electron chi connectivity index (χ3n) is 3.62. The number of aromatic nitrogens is 2. The molecule has 21 heavy (non-hydrogen) atoms. The first kappa shape index (κ1) is 13.8. The maximum Gasteiger partial charge on any atom is 0.240 e. The van der Waals surface area contributed by atoms with Gasteiger partial charge in [0.05, 0.1) is 12.0 Å². The van der Waals surface area contributed by atoms with E-state index in [1.165, 1.54) is 0 Å². The number of nitrogens with one attached hydrogen (secondary N) is 1. The fourth-order valence-corrected chi connectivity index (χ4v) is 2.49. The summed E-state index contributed by atoms with van der Waals surface area (Å²) in [7, 11) is 0. The monoisotopic (exact) mass is 285 g/mol. The number of carbonyl (C=O) groups is 1. The Kier molecular flexibility index (Phi) is 4.31. The average Bonchev–Trinajstić information content (AvgIpc) is 2.97. The molecule has 0 radical (unpaired) electrons. The van der Waals surface area contributed by atoms with E-state index in [0.29, 0.717) is 6.54 Å². The average molecular weight is 285 g/mol. The highest BCUT2D eigenvalue weighted by atomic mass is 16.5. The van der Waals surface area contributed by atoms with E-state index in [4.69, 9.17) is 4.74 Å². The number of ether oxygens (including phenoxy) is 1. The van der Waals surface area contributed by atoms with Crippen LogP contribution < -0.4 is 5.32 Å². The maximum atomic E-state index is 12.0. The Hall–Kier alpha value is -2.14. The van der Waals surface area contributed by atoms with Crippen LogP contribution >= 0.6 is 0 Å². The van der Waals surface area contributed by atoms with Gasteiger partial charge in [-0.25, -0.2) is 4.98 Å². The van der Waals surface area contributed by atoms with E-state index >= 15 is 0 Å². The molecule has 0 saturated carbocycles. The number of carbonyl (C=O) groups excluding carboxylic acids is 1. The van der Waals surface area contributed by atoms with Gasteiger partial charge in [0.1, 0.15) is 6.54 Å². The van der Waals surface area contributed by atoms with Gasteiger partial charge in [-0.1, -0.05) is 30.3 Å². The zero-order chi connectivity index (χ0) is 14.5. The summed E-state index contributed by atoms with van der Waals surface area (Å²) in [5.41, 5.74) is 1.94. The molecule has 1 aromatic heterocycles. The zero-order valence-electron chi connectivity index (χ0n) is 11.9. The summed E-state index contributed by atoms with van der Waals surface area (Å²) in [5, 5.41) is 3.05. The topological polar surface area (TPSA) is 56.2 Å². The molecule has 5 heteroatoms. The lowest BCUT2D eigenvalue weighted by atomic mass is 10.1. The standard InChI is InChI=1S/C16H19N3O2/c20-16(18-14-6-8-21-9-7-14)11-19-10-15(17-12-19)13-4-2-1-3-5-13/h1-5,10,12,14H,6-9,11H2,(H,18,20). The van der Waals surface area contributed by atoms with Crippen molar-refractivity contribution in [3.05, 3.63) is 42.9 Å². The van der Waals surface area contributed by atoms with Crippen LogP contribution in [0.5, 0.6) is 0 Å². The minimum Gasteiger partial charge on any atom is -0.381 e. The van der Waals surface area contributed by atoms with Gasteiger partial charge in [0, 0.05) is 31.0 Å². The molecule has 110 valence electrons. The summed E-state index contributed by atoms with van der Waals surface area (Å²) in [6.45, 7) is 1.76. The van der Waals surface area contributed by atoms with Crippen LogP contribution in [0.3, 0.4) is 0 Å². The van der Waals surface area contributed by atoms with Crippen LogP contribution in [0.1, 0.15) is 12.8 Å². The highest BCUT2D eigenvalue weighted by Crippen LogP contribution is 2.15. The van der Waals surface area contributed by atoms with Crippen molar-refractivity contribution < 1.29 is 9.53 Å². The molecule has 3 rings (SSSR count). The molecule has 1 aliphatic heterocycles. The molecule has 1 amide bonds. The smallest absolute Gasteiger partial charge is 0.240 e. The molecule has 1 saturated heterocycles. The summed E-state index contributed by atoms with van der Waals surface area (Å²) in [5.74, 6) is 0.0268. The Morgan fingerprint density at radius 2 is 2.05 bits per heavy atom. The van der Waals surface area contributed by atoms with Crippen molar-refractivity contribution in [3.8, 4) is 11.3 Å². The minimum atomic E-state index is 0.0268. The number of nitrogens with zero attached hydrogens (tertiary/aromatic N) is 2. The summed E-state index contributed by atoms with van der Waals surface area (Å²) >= 11 is 0. The minimum absolute atomic E-state index is 0.0268. The predicted molar refractivity (Wildman–Crippen MR) is 79.6 cm³/mol. The Labute approximate surface area is 124 Å². The molecular weight excluding hydrogens is 266 g/mol. The van der Waals surface area contributed by atoms with Crippen LogP contribution in [0, 0.1) is 0 Å². The SMILES string of the molecule is O=C(Cn1cnc(-c2ccccc2)c1)NC1CCOCC1. The van der Waals surface area contributed by atoms with E-state index in [-0.39, 0.29) is 11.9 Å². The van der Waals surface area contributed by atoms with Gasteiger partial charge < -0.3 is 14.6 Å². The van der Waals surface area contributed by atoms with Crippen LogP contribution in [-0.4, -0.2) is 34.7 Å². The molecule has 1 aliphatic rings. The van der Waals surface area contributed by atoms with E-state index in [2.05, 4.69) is 10.3 Å².